The summed E-state index contributed by atoms with van der Waals surface area (Å²) in [5.74, 6) is 0. The van der Waals surface area contributed by atoms with E-state index in [9.17, 15) is 21.6 Å². The van der Waals surface area contributed by atoms with Gasteiger partial charge in [-0.3, -0.25) is 4.72 Å². The summed E-state index contributed by atoms with van der Waals surface area (Å²) in [6, 6.07) is 15.2. The average Bonchev–Trinajstić information content (AvgIpc) is 2.38. The molecule has 112 valence electrons. The molecule has 0 aliphatic carbocycles. The highest BCUT2D eigenvalue weighted by Gasteiger charge is 2.46. The van der Waals surface area contributed by atoms with E-state index in [1.54, 1.807) is 6.07 Å². The van der Waals surface area contributed by atoms with Crippen LogP contribution in [0.4, 0.5) is 18.9 Å². The molecule has 0 saturated heterocycles. The van der Waals surface area contributed by atoms with E-state index >= 15 is 0 Å². The van der Waals surface area contributed by atoms with E-state index < -0.39 is 15.5 Å². The van der Waals surface area contributed by atoms with Gasteiger partial charge in [-0.05, 0) is 29.7 Å². The highest BCUT2D eigenvalue weighted by Crippen LogP contribution is 2.26. The third kappa shape index (κ3) is 3.98. The quantitative estimate of drug-likeness (QED) is 0.938. The molecule has 0 aliphatic heterocycles. The van der Waals surface area contributed by atoms with Crippen molar-refractivity contribution < 1.29 is 21.6 Å². The van der Waals surface area contributed by atoms with Gasteiger partial charge in [0.2, 0.25) is 0 Å². The summed E-state index contributed by atoms with van der Waals surface area (Å²) in [7, 11) is -5.39. The van der Waals surface area contributed by atoms with Crippen LogP contribution in [0.25, 0.3) is 0 Å². The average molecular weight is 315 g/mol. The first-order valence-corrected chi connectivity index (χ1v) is 7.48. The van der Waals surface area contributed by atoms with E-state index in [0.29, 0.717) is 12.0 Å². The first kappa shape index (κ1) is 15.4. The predicted octanol–water partition coefficient (Wildman–Crippen LogP) is 3.54. The second-order valence-electron chi connectivity index (χ2n) is 4.41. The Morgan fingerprint density at radius 2 is 1.52 bits per heavy atom. The van der Waals surface area contributed by atoms with Crippen LogP contribution in [0.3, 0.4) is 0 Å². The van der Waals surface area contributed by atoms with Gasteiger partial charge in [0.05, 0.1) is 0 Å². The van der Waals surface area contributed by atoms with Gasteiger partial charge in [0, 0.05) is 5.69 Å². The van der Waals surface area contributed by atoms with Crippen molar-refractivity contribution in [2.45, 2.75) is 11.9 Å². The van der Waals surface area contributed by atoms with Crippen LogP contribution in [-0.4, -0.2) is 13.9 Å². The minimum atomic E-state index is -5.39. The Kier molecular flexibility index (Phi) is 4.22. The molecule has 0 aromatic heterocycles. The number of hydrogen-bond donors (Lipinski definition) is 1. The molecule has 2 aromatic carbocycles. The van der Waals surface area contributed by atoms with Gasteiger partial charge in [0.1, 0.15) is 0 Å². The highest BCUT2D eigenvalue weighted by molar-refractivity contribution is 7.93. The van der Waals surface area contributed by atoms with Crippen LogP contribution < -0.4 is 4.72 Å². The standard InChI is InChI=1S/C14H12F3NO2S/c15-14(16,17)21(19,20)18-13-8-4-7-12(10-13)9-11-5-2-1-3-6-11/h1-8,10,18H,9H2. The molecule has 0 atom stereocenters. The van der Waals surface area contributed by atoms with Crippen molar-refractivity contribution in [1.29, 1.82) is 0 Å². The van der Waals surface area contributed by atoms with Crippen LogP contribution in [0.5, 0.6) is 0 Å². The zero-order chi connectivity index (χ0) is 15.5. The number of sulfonamides is 1. The third-order valence-corrected chi connectivity index (χ3v) is 3.85. The zero-order valence-electron chi connectivity index (χ0n) is 10.8. The van der Waals surface area contributed by atoms with Crippen LogP contribution in [0.2, 0.25) is 0 Å². The molecular weight excluding hydrogens is 303 g/mol. The number of halogens is 3. The largest absolute Gasteiger partial charge is 0.516 e. The first-order chi connectivity index (χ1) is 9.78. The molecule has 0 amide bonds. The summed E-state index contributed by atoms with van der Waals surface area (Å²) < 4.78 is 60.6. The van der Waals surface area contributed by atoms with Gasteiger partial charge in [0.15, 0.2) is 0 Å². The Bertz CT molecular complexity index is 712. The van der Waals surface area contributed by atoms with E-state index in [-0.39, 0.29) is 5.69 Å². The number of nitrogens with one attached hydrogen (secondary N) is 1. The van der Waals surface area contributed by atoms with Gasteiger partial charge >= 0.3 is 15.5 Å². The van der Waals surface area contributed by atoms with Crippen molar-refractivity contribution in [2.75, 3.05) is 4.72 Å². The van der Waals surface area contributed by atoms with Crippen LogP contribution in [0, 0.1) is 0 Å². The first-order valence-electron chi connectivity index (χ1n) is 6.00. The third-order valence-electron chi connectivity index (χ3n) is 2.73. The maximum absolute atomic E-state index is 12.3. The second kappa shape index (κ2) is 5.77. The Morgan fingerprint density at radius 1 is 0.905 bits per heavy atom. The number of anilines is 1. The lowest BCUT2D eigenvalue weighted by molar-refractivity contribution is -0.0429. The molecule has 0 spiro atoms. The SMILES string of the molecule is O=S(=O)(Nc1cccc(Cc2ccccc2)c1)C(F)(F)F. The Morgan fingerprint density at radius 3 is 2.14 bits per heavy atom. The normalized spacial score (nSPS) is 12.1. The Hall–Kier alpha value is -2.02. The summed E-state index contributed by atoms with van der Waals surface area (Å²) in [6.07, 6.45) is 0.502. The lowest BCUT2D eigenvalue weighted by atomic mass is 10.0. The molecule has 0 saturated carbocycles. The Balaban J connectivity index is 2.19. The fourth-order valence-corrected chi connectivity index (χ4v) is 2.34. The topological polar surface area (TPSA) is 46.2 Å². The van der Waals surface area contributed by atoms with Gasteiger partial charge in [-0.15, -0.1) is 0 Å². The summed E-state index contributed by atoms with van der Waals surface area (Å²) >= 11 is 0. The molecule has 0 bridgehead atoms. The smallest absolute Gasteiger partial charge is 0.276 e. The summed E-state index contributed by atoms with van der Waals surface area (Å²) in [6.45, 7) is 0. The Labute approximate surface area is 120 Å². The molecule has 21 heavy (non-hydrogen) atoms. The number of rotatable bonds is 4. The summed E-state index contributed by atoms with van der Waals surface area (Å²) in [5, 5.41) is 0. The summed E-state index contributed by atoms with van der Waals surface area (Å²) in [4.78, 5) is 0. The molecule has 2 aromatic rings. The molecule has 2 rings (SSSR count). The van der Waals surface area contributed by atoms with Crippen molar-refractivity contribution in [2.24, 2.45) is 0 Å². The molecule has 0 unspecified atom stereocenters. The molecule has 1 N–H and O–H groups in total. The fraction of sp³-hybridized carbons (Fsp3) is 0.143. The van der Waals surface area contributed by atoms with Gasteiger partial charge in [-0.25, -0.2) is 0 Å². The molecule has 0 heterocycles. The van der Waals surface area contributed by atoms with Crippen molar-refractivity contribution >= 4 is 15.7 Å². The van der Waals surface area contributed by atoms with Crippen molar-refractivity contribution in [3.8, 4) is 0 Å². The molecule has 3 nitrogen and oxygen atoms in total. The zero-order valence-corrected chi connectivity index (χ0v) is 11.6. The summed E-state index contributed by atoms with van der Waals surface area (Å²) in [5.41, 5.74) is -3.75. The molecule has 0 fully saturated rings. The van der Waals surface area contributed by atoms with Crippen molar-refractivity contribution in [3.63, 3.8) is 0 Å². The second-order valence-corrected chi connectivity index (χ2v) is 6.09. The van der Waals surface area contributed by atoms with Gasteiger partial charge in [-0.1, -0.05) is 42.5 Å². The molecule has 7 heteroatoms. The maximum Gasteiger partial charge on any atom is 0.516 e. The van der Waals surface area contributed by atoms with Gasteiger partial charge < -0.3 is 0 Å². The van der Waals surface area contributed by atoms with Crippen LogP contribution in [0.1, 0.15) is 11.1 Å². The predicted molar refractivity (Wildman–Crippen MR) is 74.3 cm³/mol. The fourth-order valence-electron chi connectivity index (χ4n) is 1.79. The monoisotopic (exact) mass is 315 g/mol. The maximum atomic E-state index is 12.3. The minimum absolute atomic E-state index is 0.110. The molecule has 0 radical (unpaired) electrons. The van der Waals surface area contributed by atoms with E-state index in [0.717, 1.165) is 5.56 Å². The lowest BCUT2D eigenvalue weighted by Gasteiger charge is -2.11. The van der Waals surface area contributed by atoms with Gasteiger partial charge in [-0.2, -0.15) is 21.6 Å². The molecular formula is C14H12F3NO2S. The van der Waals surface area contributed by atoms with E-state index in [1.165, 1.54) is 22.9 Å². The number of benzene rings is 2. The van der Waals surface area contributed by atoms with E-state index in [1.807, 2.05) is 30.3 Å². The van der Waals surface area contributed by atoms with Crippen LogP contribution in [-0.2, 0) is 16.4 Å². The number of alkyl halides is 3. The van der Waals surface area contributed by atoms with Crippen LogP contribution in [0.15, 0.2) is 54.6 Å². The highest BCUT2D eigenvalue weighted by atomic mass is 32.2. The van der Waals surface area contributed by atoms with Crippen molar-refractivity contribution in [1.82, 2.24) is 0 Å². The van der Waals surface area contributed by atoms with Crippen LogP contribution >= 0.6 is 0 Å². The molecule has 0 aliphatic rings. The van der Waals surface area contributed by atoms with E-state index in [2.05, 4.69) is 0 Å². The number of hydrogen-bond acceptors (Lipinski definition) is 2. The van der Waals surface area contributed by atoms with Crippen molar-refractivity contribution in [3.05, 3.63) is 65.7 Å². The van der Waals surface area contributed by atoms with Gasteiger partial charge in [0.25, 0.3) is 0 Å². The van der Waals surface area contributed by atoms with E-state index in [4.69, 9.17) is 0 Å². The lowest BCUT2D eigenvalue weighted by Crippen LogP contribution is -2.29. The minimum Gasteiger partial charge on any atom is -0.276 e.